The van der Waals surface area contributed by atoms with Crippen LogP contribution in [0, 0.1) is 0 Å². The predicted molar refractivity (Wildman–Crippen MR) is 61.7 cm³/mol. The Morgan fingerprint density at radius 3 is 3.27 bits per heavy atom. The molecule has 2 aromatic rings. The highest BCUT2D eigenvalue weighted by atomic mass is 32.1. The highest BCUT2D eigenvalue weighted by Crippen LogP contribution is 2.24. The minimum atomic E-state index is -0.148. The van der Waals surface area contributed by atoms with Gasteiger partial charge in [0, 0.05) is 27.4 Å². The van der Waals surface area contributed by atoms with E-state index < -0.39 is 0 Å². The van der Waals surface area contributed by atoms with Crippen LogP contribution in [0.3, 0.4) is 0 Å². The van der Waals surface area contributed by atoms with E-state index in [2.05, 4.69) is 16.9 Å². The van der Waals surface area contributed by atoms with Crippen LogP contribution in [-0.2, 0) is 11.3 Å². The van der Waals surface area contributed by atoms with Crippen molar-refractivity contribution < 1.29 is 4.79 Å². The number of hydrogen-bond acceptors (Lipinski definition) is 3. The van der Waals surface area contributed by atoms with Gasteiger partial charge in [-0.25, -0.2) is 0 Å². The van der Waals surface area contributed by atoms with Crippen molar-refractivity contribution in [3.63, 3.8) is 0 Å². The highest BCUT2D eigenvalue weighted by molar-refractivity contribution is 7.19. The molecule has 0 unspecified atom stereocenters. The van der Waals surface area contributed by atoms with E-state index in [1.54, 1.807) is 17.5 Å². The molecule has 0 spiro atoms. The lowest BCUT2D eigenvalue weighted by atomic mass is 10.3. The average Bonchev–Trinajstić information content (AvgIpc) is 2.68. The number of fused-ring (bicyclic) bond motifs is 1. The van der Waals surface area contributed by atoms with Gasteiger partial charge < -0.3 is 5.32 Å². The topological polar surface area (TPSA) is 42.0 Å². The molecule has 2 heterocycles. The molecule has 1 N–H and O–H groups in total. The van der Waals surface area contributed by atoms with Gasteiger partial charge in [-0.15, -0.1) is 11.3 Å². The summed E-state index contributed by atoms with van der Waals surface area (Å²) in [6.45, 7) is 3.94. The van der Waals surface area contributed by atoms with E-state index in [0.29, 0.717) is 6.54 Å². The van der Waals surface area contributed by atoms with Crippen molar-refractivity contribution in [3.8, 4) is 0 Å². The first-order valence-corrected chi connectivity index (χ1v) is 5.34. The maximum absolute atomic E-state index is 11.0. The van der Waals surface area contributed by atoms with Crippen molar-refractivity contribution in [2.75, 3.05) is 0 Å². The smallest absolute Gasteiger partial charge is 0.243 e. The number of nitrogens with one attached hydrogen (secondary N) is 1. The van der Waals surface area contributed by atoms with Gasteiger partial charge in [-0.1, -0.05) is 6.58 Å². The largest absolute Gasteiger partial charge is 0.348 e. The molecule has 0 aliphatic rings. The second-order valence-corrected chi connectivity index (χ2v) is 4.22. The molecule has 0 atom stereocenters. The molecular formula is C11H10N2OS. The summed E-state index contributed by atoms with van der Waals surface area (Å²) >= 11 is 1.66. The first-order chi connectivity index (χ1) is 7.29. The second kappa shape index (κ2) is 4.23. The van der Waals surface area contributed by atoms with Gasteiger partial charge in [0.2, 0.25) is 5.91 Å². The standard InChI is InChI=1S/C11H10N2OS/c1-2-11(14)13-7-9-5-8-6-12-4-3-10(8)15-9/h2-6H,1,7H2,(H,13,14). The van der Waals surface area contributed by atoms with Crippen molar-refractivity contribution in [1.29, 1.82) is 0 Å². The lowest BCUT2D eigenvalue weighted by Crippen LogP contribution is -2.19. The fourth-order valence-electron chi connectivity index (χ4n) is 1.27. The summed E-state index contributed by atoms with van der Waals surface area (Å²) in [5.41, 5.74) is 0. The van der Waals surface area contributed by atoms with Crippen molar-refractivity contribution in [2.45, 2.75) is 6.54 Å². The summed E-state index contributed by atoms with van der Waals surface area (Å²) in [4.78, 5) is 16.1. The summed E-state index contributed by atoms with van der Waals surface area (Å²) in [7, 11) is 0. The van der Waals surface area contributed by atoms with Crippen LogP contribution in [-0.4, -0.2) is 10.9 Å². The molecule has 76 valence electrons. The molecule has 3 nitrogen and oxygen atoms in total. The zero-order valence-corrected chi connectivity index (χ0v) is 8.88. The summed E-state index contributed by atoms with van der Waals surface area (Å²) < 4.78 is 1.19. The molecule has 1 amide bonds. The summed E-state index contributed by atoms with van der Waals surface area (Å²) in [5.74, 6) is -0.148. The lowest BCUT2D eigenvalue weighted by Gasteiger charge is -1.97. The first kappa shape index (κ1) is 9.86. The van der Waals surface area contributed by atoms with E-state index in [1.807, 2.05) is 18.3 Å². The quantitative estimate of drug-likeness (QED) is 0.802. The summed E-state index contributed by atoms with van der Waals surface area (Å²) in [6, 6.07) is 4.01. The Bertz CT molecular complexity index is 471. The number of carbonyl (C=O) groups is 1. The second-order valence-electron chi connectivity index (χ2n) is 3.05. The Balaban J connectivity index is 2.15. The molecule has 15 heavy (non-hydrogen) atoms. The predicted octanol–water partition coefficient (Wildman–Crippen LogP) is 2.10. The van der Waals surface area contributed by atoms with Crippen LogP contribution in [0.25, 0.3) is 10.1 Å². The van der Waals surface area contributed by atoms with E-state index in [1.165, 1.54) is 10.8 Å². The molecular weight excluding hydrogens is 208 g/mol. The van der Waals surface area contributed by atoms with E-state index >= 15 is 0 Å². The minimum absolute atomic E-state index is 0.148. The molecule has 0 saturated heterocycles. The minimum Gasteiger partial charge on any atom is -0.348 e. The highest BCUT2D eigenvalue weighted by Gasteiger charge is 2.01. The molecule has 0 saturated carbocycles. The van der Waals surface area contributed by atoms with E-state index in [9.17, 15) is 4.79 Å². The number of pyridine rings is 1. The fraction of sp³-hybridized carbons (Fsp3) is 0.0909. The number of nitrogens with zero attached hydrogens (tertiary/aromatic N) is 1. The molecule has 0 aliphatic carbocycles. The van der Waals surface area contributed by atoms with Gasteiger partial charge in [-0.2, -0.15) is 0 Å². The van der Waals surface area contributed by atoms with Crippen molar-refractivity contribution >= 4 is 27.3 Å². The van der Waals surface area contributed by atoms with Gasteiger partial charge in [0.1, 0.15) is 0 Å². The zero-order chi connectivity index (χ0) is 10.7. The normalized spacial score (nSPS) is 10.1. The monoisotopic (exact) mass is 218 g/mol. The Morgan fingerprint density at radius 1 is 1.67 bits per heavy atom. The van der Waals surface area contributed by atoms with Crippen molar-refractivity contribution in [3.05, 3.63) is 42.1 Å². The molecule has 4 heteroatoms. The third-order valence-corrected chi connectivity index (χ3v) is 3.11. The Labute approximate surface area is 91.5 Å². The Hall–Kier alpha value is -1.68. The van der Waals surface area contributed by atoms with Crippen LogP contribution in [0.1, 0.15) is 4.88 Å². The van der Waals surface area contributed by atoms with Gasteiger partial charge in [0.15, 0.2) is 0 Å². The van der Waals surface area contributed by atoms with Crippen molar-refractivity contribution in [2.24, 2.45) is 0 Å². The maximum Gasteiger partial charge on any atom is 0.243 e. The number of thiophene rings is 1. The number of rotatable bonds is 3. The third-order valence-electron chi connectivity index (χ3n) is 1.99. The number of amides is 1. The van der Waals surface area contributed by atoms with Crippen LogP contribution < -0.4 is 5.32 Å². The molecule has 2 aromatic heterocycles. The Kier molecular flexibility index (Phi) is 2.78. The maximum atomic E-state index is 11.0. The Morgan fingerprint density at radius 2 is 2.53 bits per heavy atom. The number of hydrogen-bond donors (Lipinski definition) is 1. The first-order valence-electron chi connectivity index (χ1n) is 4.52. The van der Waals surface area contributed by atoms with E-state index in [0.717, 1.165) is 10.3 Å². The van der Waals surface area contributed by atoms with Crippen LogP contribution in [0.4, 0.5) is 0 Å². The molecule has 0 aromatic carbocycles. The number of carbonyl (C=O) groups excluding carboxylic acids is 1. The summed E-state index contributed by atoms with van der Waals surface area (Å²) in [5, 5.41) is 3.86. The van der Waals surface area contributed by atoms with Gasteiger partial charge in [0.05, 0.1) is 6.54 Å². The third kappa shape index (κ3) is 2.22. The average molecular weight is 218 g/mol. The van der Waals surface area contributed by atoms with Crippen LogP contribution in [0.15, 0.2) is 37.2 Å². The van der Waals surface area contributed by atoms with Gasteiger partial charge in [0.25, 0.3) is 0 Å². The van der Waals surface area contributed by atoms with Crippen LogP contribution in [0.2, 0.25) is 0 Å². The zero-order valence-electron chi connectivity index (χ0n) is 8.06. The SMILES string of the molecule is C=CC(=O)NCc1cc2cnccc2s1. The van der Waals surface area contributed by atoms with Gasteiger partial charge in [-0.3, -0.25) is 9.78 Å². The van der Waals surface area contributed by atoms with Gasteiger partial charge >= 0.3 is 0 Å². The van der Waals surface area contributed by atoms with Crippen LogP contribution >= 0.6 is 11.3 Å². The van der Waals surface area contributed by atoms with E-state index in [4.69, 9.17) is 0 Å². The van der Waals surface area contributed by atoms with Crippen LogP contribution in [0.5, 0.6) is 0 Å². The fourth-order valence-corrected chi connectivity index (χ4v) is 2.24. The number of aromatic nitrogens is 1. The molecule has 0 radical (unpaired) electrons. The lowest BCUT2D eigenvalue weighted by molar-refractivity contribution is -0.116. The molecule has 2 rings (SSSR count). The van der Waals surface area contributed by atoms with Gasteiger partial charge in [-0.05, 0) is 18.2 Å². The molecule has 0 bridgehead atoms. The van der Waals surface area contributed by atoms with E-state index in [-0.39, 0.29) is 5.91 Å². The molecule has 0 aliphatic heterocycles. The summed E-state index contributed by atoms with van der Waals surface area (Å²) in [6.07, 6.45) is 4.87. The van der Waals surface area contributed by atoms with Crippen molar-refractivity contribution in [1.82, 2.24) is 10.3 Å². The molecule has 0 fully saturated rings.